The summed E-state index contributed by atoms with van der Waals surface area (Å²) in [4.78, 5) is 19.6. The van der Waals surface area contributed by atoms with Crippen molar-refractivity contribution in [2.75, 3.05) is 31.2 Å². The van der Waals surface area contributed by atoms with Crippen LogP contribution in [0.15, 0.2) is 0 Å². The zero-order valence-electron chi connectivity index (χ0n) is 10.0. The molecule has 0 aromatic carbocycles. The number of aromatic amines is 1. The number of ketones is 1. The van der Waals surface area contributed by atoms with Gasteiger partial charge in [-0.2, -0.15) is 4.39 Å². The molecule has 98 valence electrons. The zero-order valence-corrected chi connectivity index (χ0v) is 10.8. The van der Waals surface area contributed by atoms with Gasteiger partial charge in [0.2, 0.25) is 0 Å². The van der Waals surface area contributed by atoms with Crippen molar-refractivity contribution in [3.63, 3.8) is 0 Å². The molecule has 1 aliphatic heterocycles. The summed E-state index contributed by atoms with van der Waals surface area (Å²) in [6.07, 6.45) is 0.126. The molecule has 2 rings (SSSR count). The number of nitrogens with zero attached hydrogens (tertiary/aromatic N) is 2. The van der Waals surface area contributed by atoms with Crippen LogP contribution in [0.25, 0.3) is 0 Å². The van der Waals surface area contributed by atoms with Crippen molar-refractivity contribution in [1.29, 1.82) is 0 Å². The molecule has 0 saturated carbocycles. The molecule has 0 atom stereocenters. The number of hydrogen-bond acceptors (Lipinski definition) is 5. The Hall–Kier alpha value is -1.34. The summed E-state index contributed by atoms with van der Waals surface area (Å²) < 4.78 is 19.0. The summed E-state index contributed by atoms with van der Waals surface area (Å²) in [5.74, 6) is 0.108. The van der Waals surface area contributed by atoms with Gasteiger partial charge in [-0.3, -0.25) is 4.79 Å². The van der Waals surface area contributed by atoms with Crippen LogP contribution in [0.2, 0.25) is 0 Å². The van der Waals surface area contributed by atoms with Crippen LogP contribution in [-0.4, -0.2) is 42.1 Å². The molecule has 0 radical (unpaired) electrons. The van der Waals surface area contributed by atoms with Gasteiger partial charge in [0.1, 0.15) is 17.4 Å². The number of anilines is 1. The summed E-state index contributed by atoms with van der Waals surface area (Å²) in [5.41, 5.74) is 0. The first-order valence-corrected chi connectivity index (χ1v) is 6.09. The monoisotopic (exact) mass is 271 g/mol. The first-order valence-electron chi connectivity index (χ1n) is 5.68. The molecule has 0 spiro atoms. The quantitative estimate of drug-likeness (QED) is 0.838. The number of carbonyl (C=O) groups excluding carboxylic acids is 1. The maximum absolute atomic E-state index is 13.9. The number of hydrogen-bond donors (Lipinski definition) is 1. The molecule has 0 amide bonds. The predicted molar refractivity (Wildman–Crippen MR) is 66.8 cm³/mol. The van der Waals surface area contributed by atoms with E-state index in [1.807, 2.05) is 4.90 Å². The lowest BCUT2D eigenvalue weighted by Gasteiger charge is -2.28. The Morgan fingerprint density at radius 1 is 1.56 bits per heavy atom. The topological polar surface area (TPSA) is 58.2 Å². The van der Waals surface area contributed by atoms with E-state index in [9.17, 15) is 9.18 Å². The Bertz CT molecular complexity index is 512. The van der Waals surface area contributed by atoms with Crippen molar-refractivity contribution in [1.82, 2.24) is 9.97 Å². The largest absolute Gasteiger partial charge is 0.378 e. The van der Waals surface area contributed by atoms with Gasteiger partial charge < -0.3 is 14.6 Å². The van der Waals surface area contributed by atoms with E-state index in [2.05, 4.69) is 9.97 Å². The van der Waals surface area contributed by atoms with Crippen molar-refractivity contribution in [2.45, 2.75) is 13.3 Å². The Balaban J connectivity index is 2.35. The fourth-order valence-corrected chi connectivity index (χ4v) is 2.02. The van der Waals surface area contributed by atoms with Crippen LogP contribution in [0, 0.1) is 10.5 Å². The lowest BCUT2D eigenvalue weighted by Crippen LogP contribution is -2.37. The molecule has 0 aliphatic carbocycles. The Kier molecular flexibility index (Phi) is 4.03. The molecule has 5 nitrogen and oxygen atoms in total. The average Bonchev–Trinajstić information content (AvgIpc) is 2.34. The third kappa shape index (κ3) is 2.91. The molecule has 1 aliphatic rings. The Morgan fingerprint density at radius 2 is 2.22 bits per heavy atom. The third-order valence-corrected chi connectivity index (χ3v) is 2.91. The second-order valence-electron chi connectivity index (χ2n) is 4.13. The first kappa shape index (κ1) is 13.1. The van der Waals surface area contributed by atoms with Crippen LogP contribution in [0.1, 0.15) is 12.7 Å². The molecule has 0 unspecified atom stereocenters. The van der Waals surface area contributed by atoms with Crippen LogP contribution >= 0.6 is 12.2 Å². The number of ether oxygens (including phenoxy) is 1. The van der Waals surface area contributed by atoms with Gasteiger partial charge in [0.05, 0.1) is 19.6 Å². The number of nitrogens with one attached hydrogen (secondary N) is 1. The number of rotatable bonds is 3. The molecule has 1 N–H and O–H groups in total. The van der Waals surface area contributed by atoms with Crippen LogP contribution in [-0.2, 0) is 16.0 Å². The van der Waals surface area contributed by atoms with Gasteiger partial charge in [-0.05, 0) is 6.92 Å². The van der Waals surface area contributed by atoms with E-state index in [-0.39, 0.29) is 16.8 Å². The van der Waals surface area contributed by atoms with Crippen molar-refractivity contribution >= 4 is 23.8 Å². The first-order chi connectivity index (χ1) is 8.58. The van der Waals surface area contributed by atoms with Gasteiger partial charge in [0, 0.05) is 13.1 Å². The number of aromatic nitrogens is 2. The van der Waals surface area contributed by atoms with Gasteiger partial charge in [-0.1, -0.05) is 12.2 Å². The number of carbonyl (C=O) groups is 1. The molecule has 7 heteroatoms. The second-order valence-corrected chi connectivity index (χ2v) is 4.52. The molecule has 2 heterocycles. The Morgan fingerprint density at radius 3 is 2.83 bits per heavy atom. The SMILES string of the molecule is CC(=O)Cc1nc(=S)c(F)c(N2CCOCC2)[nH]1. The van der Waals surface area contributed by atoms with Gasteiger partial charge in [-0.25, -0.2) is 4.98 Å². The van der Waals surface area contributed by atoms with E-state index < -0.39 is 5.82 Å². The van der Waals surface area contributed by atoms with Crippen LogP contribution < -0.4 is 4.90 Å². The number of Topliss-reactive ketones (excluding diaryl/α,β-unsaturated/α-hetero) is 1. The Labute approximate surface area is 109 Å². The smallest absolute Gasteiger partial charge is 0.200 e. The lowest BCUT2D eigenvalue weighted by atomic mass is 10.3. The zero-order chi connectivity index (χ0) is 13.1. The van der Waals surface area contributed by atoms with E-state index >= 15 is 0 Å². The highest BCUT2D eigenvalue weighted by molar-refractivity contribution is 7.71. The van der Waals surface area contributed by atoms with E-state index in [0.717, 1.165) is 0 Å². The molecule has 1 saturated heterocycles. The molecular formula is C11H14FN3O2S. The van der Waals surface area contributed by atoms with E-state index in [4.69, 9.17) is 17.0 Å². The molecule has 1 fully saturated rings. The van der Waals surface area contributed by atoms with Crippen molar-refractivity contribution in [3.05, 3.63) is 16.3 Å². The van der Waals surface area contributed by atoms with Gasteiger partial charge in [0.15, 0.2) is 10.5 Å². The van der Waals surface area contributed by atoms with Gasteiger partial charge in [0.25, 0.3) is 0 Å². The molecule has 18 heavy (non-hydrogen) atoms. The fraction of sp³-hybridized carbons (Fsp3) is 0.545. The third-order valence-electron chi connectivity index (χ3n) is 2.64. The van der Waals surface area contributed by atoms with Gasteiger partial charge >= 0.3 is 0 Å². The van der Waals surface area contributed by atoms with Crippen molar-refractivity contribution in [2.24, 2.45) is 0 Å². The van der Waals surface area contributed by atoms with Crippen LogP contribution in [0.5, 0.6) is 0 Å². The summed E-state index contributed by atoms with van der Waals surface area (Å²) >= 11 is 4.88. The van der Waals surface area contributed by atoms with Crippen LogP contribution in [0.3, 0.4) is 0 Å². The predicted octanol–water partition coefficient (Wildman–Crippen LogP) is 1.25. The highest BCUT2D eigenvalue weighted by Gasteiger charge is 2.18. The minimum Gasteiger partial charge on any atom is -0.378 e. The summed E-state index contributed by atoms with van der Waals surface area (Å²) in [7, 11) is 0. The molecule has 1 aromatic rings. The summed E-state index contributed by atoms with van der Waals surface area (Å²) in [6, 6.07) is 0. The van der Waals surface area contributed by atoms with E-state index in [0.29, 0.717) is 37.9 Å². The maximum Gasteiger partial charge on any atom is 0.200 e. The van der Waals surface area contributed by atoms with Crippen molar-refractivity contribution in [3.8, 4) is 0 Å². The number of H-pyrrole nitrogens is 1. The molecule has 1 aromatic heterocycles. The minimum absolute atomic E-state index is 0.0484. The number of morpholine rings is 1. The van der Waals surface area contributed by atoms with E-state index in [1.54, 1.807) is 0 Å². The maximum atomic E-state index is 13.9. The molecule has 0 bridgehead atoms. The van der Waals surface area contributed by atoms with E-state index in [1.165, 1.54) is 6.92 Å². The summed E-state index contributed by atoms with van der Waals surface area (Å²) in [6.45, 7) is 3.72. The lowest BCUT2D eigenvalue weighted by molar-refractivity contribution is -0.116. The summed E-state index contributed by atoms with van der Waals surface area (Å²) in [5, 5.41) is 0. The average molecular weight is 271 g/mol. The highest BCUT2D eigenvalue weighted by Crippen LogP contribution is 2.18. The second kappa shape index (κ2) is 5.53. The van der Waals surface area contributed by atoms with Crippen molar-refractivity contribution < 1.29 is 13.9 Å². The number of halogens is 1. The fourth-order valence-electron chi connectivity index (χ4n) is 1.82. The van der Waals surface area contributed by atoms with Gasteiger partial charge in [-0.15, -0.1) is 0 Å². The molecular weight excluding hydrogens is 257 g/mol. The standard InChI is InChI=1S/C11H14FN3O2S/c1-7(16)6-8-13-10(9(12)11(18)14-8)15-2-4-17-5-3-15/h2-6H2,1H3,(H,13,14,18). The minimum atomic E-state index is -0.542. The highest BCUT2D eigenvalue weighted by atomic mass is 32.1. The van der Waals surface area contributed by atoms with Crippen LogP contribution in [0.4, 0.5) is 10.2 Å². The normalized spacial score (nSPS) is 15.8.